The van der Waals surface area contributed by atoms with Gasteiger partial charge in [-0.1, -0.05) is 18.2 Å². The Kier molecular flexibility index (Phi) is 5.35. The average molecular weight is 415 g/mol. The third-order valence-corrected chi connectivity index (χ3v) is 6.44. The largest absolute Gasteiger partial charge is 0.379 e. The summed E-state index contributed by atoms with van der Waals surface area (Å²) in [6.07, 6.45) is 0.119. The van der Waals surface area contributed by atoms with Gasteiger partial charge in [-0.05, 0) is 36.4 Å². The summed E-state index contributed by atoms with van der Waals surface area (Å²) < 4.78 is 32.9. The van der Waals surface area contributed by atoms with Crippen LogP contribution in [-0.4, -0.2) is 57.5 Å². The lowest BCUT2D eigenvalue weighted by molar-refractivity contribution is -0.123. The van der Waals surface area contributed by atoms with Crippen molar-refractivity contribution in [2.24, 2.45) is 0 Å². The quantitative estimate of drug-likeness (QED) is 0.743. The number of imide groups is 1. The van der Waals surface area contributed by atoms with Gasteiger partial charge in [0.25, 0.3) is 15.9 Å². The maximum atomic E-state index is 12.8. The number of para-hydroxylation sites is 1. The Bertz CT molecular complexity index is 1000. The number of amides is 2. The third-order valence-electron chi connectivity index (χ3n) is 5.04. The molecule has 2 aliphatic heterocycles. The molecule has 0 spiro atoms. The number of sulfonamides is 1. The van der Waals surface area contributed by atoms with Crippen molar-refractivity contribution in [3.05, 3.63) is 54.6 Å². The minimum Gasteiger partial charge on any atom is -0.379 e. The van der Waals surface area contributed by atoms with Gasteiger partial charge in [0.1, 0.15) is 0 Å². The van der Waals surface area contributed by atoms with E-state index < -0.39 is 16.1 Å². The molecule has 1 unspecified atom stereocenters. The summed E-state index contributed by atoms with van der Waals surface area (Å²) in [6, 6.07) is 13.8. The van der Waals surface area contributed by atoms with Gasteiger partial charge in [-0.3, -0.25) is 19.2 Å². The molecule has 0 radical (unpaired) electrons. The molecule has 2 saturated heterocycles. The Morgan fingerprint density at radius 2 is 1.59 bits per heavy atom. The Morgan fingerprint density at radius 3 is 2.24 bits per heavy atom. The van der Waals surface area contributed by atoms with Gasteiger partial charge in [0.2, 0.25) is 5.91 Å². The highest BCUT2D eigenvalue weighted by Crippen LogP contribution is 2.27. The van der Waals surface area contributed by atoms with Gasteiger partial charge in [-0.15, -0.1) is 0 Å². The zero-order chi connectivity index (χ0) is 20.4. The summed E-state index contributed by atoms with van der Waals surface area (Å²) in [5.74, 6) is -0.570. The first-order chi connectivity index (χ1) is 14.0. The highest BCUT2D eigenvalue weighted by molar-refractivity contribution is 7.92. The van der Waals surface area contributed by atoms with Crippen molar-refractivity contribution in [2.75, 3.05) is 35.9 Å². The van der Waals surface area contributed by atoms with Crippen molar-refractivity contribution >= 4 is 33.2 Å². The number of nitrogens with zero attached hydrogens (tertiary/aromatic N) is 2. The second kappa shape index (κ2) is 7.94. The SMILES string of the molecule is O=C1CC(N2CCOCC2)C(=O)N1c1ccc(S(=O)(=O)Nc2ccccc2)cc1. The number of ether oxygens (including phenoxy) is 1. The van der Waals surface area contributed by atoms with Crippen LogP contribution in [0.2, 0.25) is 0 Å². The fourth-order valence-electron chi connectivity index (χ4n) is 3.56. The predicted octanol–water partition coefficient (Wildman–Crippen LogP) is 1.45. The Morgan fingerprint density at radius 1 is 0.931 bits per heavy atom. The van der Waals surface area contributed by atoms with Crippen LogP contribution in [0.15, 0.2) is 59.5 Å². The molecule has 1 atom stereocenters. The first kappa shape index (κ1) is 19.6. The normalized spacial score (nSPS) is 20.8. The lowest BCUT2D eigenvalue weighted by Crippen LogP contribution is -2.47. The van der Waals surface area contributed by atoms with E-state index in [-0.39, 0.29) is 23.1 Å². The number of hydrogen-bond acceptors (Lipinski definition) is 6. The fourth-order valence-corrected chi connectivity index (χ4v) is 4.61. The van der Waals surface area contributed by atoms with Crippen LogP contribution in [0.5, 0.6) is 0 Å². The molecule has 2 fully saturated rings. The highest BCUT2D eigenvalue weighted by atomic mass is 32.2. The number of benzene rings is 2. The molecule has 0 bridgehead atoms. The van der Waals surface area contributed by atoms with Gasteiger partial charge in [0.05, 0.1) is 36.3 Å². The van der Waals surface area contributed by atoms with Gasteiger partial charge in [0.15, 0.2) is 0 Å². The predicted molar refractivity (Wildman–Crippen MR) is 107 cm³/mol. The molecule has 152 valence electrons. The zero-order valence-corrected chi connectivity index (χ0v) is 16.5. The molecule has 1 N–H and O–H groups in total. The monoisotopic (exact) mass is 415 g/mol. The van der Waals surface area contributed by atoms with Crippen molar-refractivity contribution in [3.63, 3.8) is 0 Å². The van der Waals surface area contributed by atoms with Crippen LogP contribution in [0.25, 0.3) is 0 Å². The molecular formula is C20H21N3O5S. The number of morpholine rings is 1. The number of hydrogen-bond donors (Lipinski definition) is 1. The molecule has 0 aromatic heterocycles. The Hall–Kier alpha value is -2.75. The van der Waals surface area contributed by atoms with Gasteiger partial charge in [0, 0.05) is 18.8 Å². The van der Waals surface area contributed by atoms with Crippen molar-refractivity contribution in [1.82, 2.24) is 4.90 Å². The number of nitrogens with one attached hydrogen (secondary N) is 1. The number of carbonyl (C=O) groups excluding carboxylic acids is 2. The van der Waals surface area contributed by atoms with Gasteiger partial charge < -0.3 is 4.74 Å². The van der Waals surface area contributed by atoms with Crippen LogP contribution in [0.4, 0.5) is 11.4 Å². The van der Waals surface area contributed by atoms with E-state index in [1.165, 1.54) is 24.3 Å². The number of carbonyl (C=O) groups is 2. The van der Waals surface area contributed by atoms with E-state index in [0.29, 0.717) is 37.7 Å². The van der Waals surface area contributed by atoms with E-state index in [2.05, 4.69) is 4.72 Å². The topological polar surface area (TPSA) is 96.0 Å². The third kappa shape index (κ3) is 4.02. The molecule has 2 aromatic carbocycles. The van der Waals surface area contributed by atoms with Crippen LogP contribution >= 0.6 is 0 Å². The summed E-state index contributed by atoms with van der Waals surface area (Å²) in [4.78, 5) is 28.5. The molecule has 2 amide bonds. The van der Waals surface area contributed by atoms with E-state index in [1.807, 2.05) is 4.90 Å². The molecule has 2 heterocycles. The van der Waals surface area contributed by atoms with Crippen molar-refractivity contribution in [1.29, 1.82) is 0 Å². The van der Waals surface area contributed by atoms with Crippen LogP contribution in [0, 0.1) is 0 Å². The summed E-state index contributed by atoms with van der Waals surface area (Å²) in [7, 11) is -3.77. The number of anilines is 2. The van der Waals surface area contributed by atoms with Crippen LogP contribution < -0.4 is 9.62 Å². The first-order valence-corrected chi connectivity index (χ1v) is 10.8. The fraction of sp³-hybridized carbons (Fsp3) is 0.300. The standard InChI is InChI=1S/C20H21N3O5S/c24-19-14-18(22-10-12-28-13-11-22)20(25)23(19)16-6-8-17(9-7-16)29(26,27)21-15-4-2-1-3-5-15/h1-9,18,21H,10-14H2. The van der Waals surface area contributed by atoms with Gasteiger partial charge in [-0.25, -0.2) is 13.3 Å². The van der Waals surface area contributed by atoms with Crippen LogP contribution in [0.3, 0.4) is 0 Å². The second-order valence-corrected chi connectivity index (χ2v) is 8.58. The maximum absolute atomic E-state index is 12.8. The summed E-state index contributed by atoms with van der Waals surface area (Å²) in [5, 5.41) is 0. The second-order valence-electron chi connectivity index (χ2n) is 6.90. The van der Waals surface area contributed by atoms with Gasteiger partial charge in [-0.2, -0.15) is 0 Å². The molecule has 8 nitrogen and oxygen atoms in total. The van der Waals surface area contributed by atoms with Crippen molar-refractivity contribution in [2.45, 2.75) is 17.4 Å². The maximum Gasteiger partial charge on any atom is 0.261 e. The summed E-state index contributed by atoms with van der Waals surface area (Å²) in [6.45, 7) is 2.30. The smallest absolute Gasteiger partial charge is 0.261 e. The molecular weight excluding hydrogens is 394 g/mol. The lowest BCUT2D eigenvalue weighted by Gasteiger charge is -2.30. The molecule has 4 rings (SSSR count). The number of rotatable bonds is 5. The molecule has 9 heteroatoms. The molecule has 2 aliphatic rings. The van der Waals surface area contributed by atoms with E-state index >= 15 is 0 Å². The van der Waals surface area contributed by atoms with Crippen molar-refractivity contribution in [3.8, 4) is 0 Å². The van der Waals surface area contributed by atoms with Crippen LogP contribution in [0.1, 0.15) is 6.42 Å². The Labute approximate surface area is 169 Å². The minimum absolute atomic E-state index is 0.0499. The minimum atomic E-state index is -3.77. The highest BCUT2D eigenvalue weighted by Gasteiger charge is 2.43. The zero-order valence-electron chi connectivity index (χ0n) is 15.7. The van der Waals surface area contributed by atoms with E-state index in [9.17, 15) is 18.0 Å². The first-order valence-electron chi connectivity index (χ1n) is 9.32. The average Bonchev–Trinajstić information content (AvgIpc) is 3.03. The summed E-state index contributed by atoms with van der Waals surface area (Å²) >= 11 is 0. The molecule has 2 aromatic rings. The van der Waals surface area contributed by atoms with E-state index in [1.54, 1.807) is 30.3 Å². The molecule has 29 heavy (non-hydrogen) atoms. The molecule has 0 saturated carbocycles. The van der Waals surface area contributed by atoms with E-state index in [0.717, 1.165) is 4.90 Å². The van der Waals surface area contributed by atoms with E-state index in [4.69, 9.17) is 4.74 Å². The van der Waals surface area contributed by atoms with Crippen LogP contribution in [-0.2, 0) is 24.3 Å². The van der Waals surface area contributed by atoms with Gasteiger partial charge >= 0.3 is 0 Å². The molecule has 0 aliphatic carbocycles. The summed E-state index contributed by atoms with van der Waals surface area (Å²) in [5.41, 5.74) is 0.823. The van der Waals surface area contributed by atoms with Crippen molar-refractivity contribution < 1.29 is 22.7 Å². The lowest BCUT2D eigenvalue weighted by atomic mass is 10.2. The Balaban J connectivity index is 1.51.